The molecule has 40 heavy (non-hydrogen) atoms. The second-order valence-corrected chi connectivity index (χ2v) is 9.96. The number of para-hydroxylation sites is 1. The minimum absolute atomic E-state index is 0.00966. The first kappa shape index (κ1) is 25.2. The number of esters is 1. The van der Waals surface area contributed by atoms with E-state index < -0.39 is 23.8 Å². The van der Waals surface area contributed by atoms with E-state index in [1.165, 1.54) is 12.1 Å². The molecule has 198 valence electrons. The molecular formula is C32H25N2O6+. The van der Waals surface area contributed by atoms with Crippen LogP contribution in [-0.2, 0) is 21.5 Å². The first-order valence-electron chi connectivity index (χ1n) is 12.9. The quantitative estimate of drug-likeness (QED) is 0.106. The summed E-state index contributed by atoms with van der Waals surface area (Å²) in [6.45, 7) is 3.43. The first-order chi connectivity index (χ1) is 19.2. The maximum atomic E-state index is 13.9. The number of aryl methyl sites for hydroxylation is 3. The Morgan fingerprint density at radius 2 is 1.35 bits per heavy atom. The van der Waals surface area contributed by atoms with E-state index in [1.54, 1.807) is 13.8 Å². The van der Waals surface area contributed by atoms with Crippen LogP contribution < -0.4 is 9.30 Å². The third-order valence-electron chi connectivity index (χ3n) is 7.30. The molecule has 0 saturated carbocycles. The maximum Gasteiger partial charge on any atom is 0.363 e. The maximum absolute atomic E-state index is 13.9. The van der Waals surface area contributed by atoms with Crippen molar-refractivity contribution in [3.05, 3.63) is 95.1 Å². The number of carbonyl (C=O) groups excluding carboxylic acids is 4. The van der Waals surface area contributed by atoms with Crippen molar-refractivity contribution in [3.63, 3.8) is 0 Å². The zero-order valence-electron chi connectivity index (χ0n) is 22.2. The summed E-state index contributed by atoms with van der Waals surface area (Å²) in [6, 6.07) is 22.8. The Kier molecular flexibility index (Phi) is 6.03. The number of hydrogen-bond donors (Lipinski definition) is 0. The lowest BCUT2D eigenvalue weighted by Gasteiger charge is -2.16. The Morgan fingerprint density at radius 1 is 0.750 bits per heavy atom. The molecule has 4 aromatic carbocycles. The summed E-state index contributed by atoms with van der Waals surface area (Å²) >= 11 is 0. The summed E-state index contributed by atoms with van der Waals surface area (Å²) in [5.41, 5.74) is 3.41. The van der Waals surface area contributed by atoms with Gasteiger partial charge in [0, 0.05) is 25.0 Å². The van der Waals surface area contributed by atoms with E-state index in [9.17, 15) is 19.2 Å². The number of imide groups is 1. The lowest BCUT2D eigenvalue weighted by molar-refractivity contribution is -0.617. The Hall–Kier alpha value is -5.11. The molecule has 1 saturated heterocycles. The zero-order chi connectivity index (χ0) is 28.1. The Bertz CT molecular complexity index is 1890. The molecule has 1 aliphatic rings. The van der Waals surface area contributed by atoms with Gasteiger partial charge >= 0.3 is 11.9 Å². The van der Waals surface area contributed by atoms with E-state index in [0.717, 1.165) is 32.6 Å². The molecule has 0 radical (unpaired) electrons. The molecule has 0 aliphatic carbocycles. The van der Waals surface area contributed by atoms with Crippen LogP contribution in [0.4, 0.5) is 0 Å². The molecule has 0 unspecified atom stereocenters. The highest BCUT2D eigenvalue weighted by atomic mass is 16.7. The Balaban J connectivity index is 1.41. The average molecular weight is 534 g/mol. The van der Waals surface area contributed by atoms with Gasteiger partial charge in [-0.2, -0.15) is 4.57 Å². The lowest BCUT2D eigenvalue weighted by Crippen LogP contribution is -2.32. The summed E-state index contributed by atoms with van der Waals surface area (Å²) in [7, 11) is 1.98. The van der Waals surface area contributed by atoms with Gasteiger partial charge < -0.3 is 9.57 Å². The molecule has 0 atom stereocenters. The van der Waals surface area contributed by atoms with Crippen molar-refractivity contribution in [2.24, 2.45) is 7.05 Å². The minimum atomic E-state index is -0.841. The summed E-state index contributed by atoms with van der Waals surface area (Å²) in [5.74, 6) is -2.15. The molecule has 1 aliphatic heterocycles. The molecule has 1 aromatic heterocycles. The van der Waals surface area contributed by atoms with Crippen molar-refractivity contribution in [3.8, 4) is 5.75 Å². The predicted octanol–water partition coefficient (Wildman–Crippen LogP) is 5.03. The number of hydrogen-bond acceptors (Lipinski definition) is 6. The van der Waals surface area contributed by atoms with Crippen molar-refractivity contribution in [1.29, 1.82) is 0 Å². The van der Waals surface area contributed by atoms with Crippen molar-refractivity contribution in [2.75, 3.05) is 0 Å². The fourth-order valence-electron chi connectivity index (χ4n) is 5.34. The van der Waals surface area contributed by atoms with Crippen LogP contribution in [0.1, 0.15) is 44.7 Å². The summed E-state index contributed by atoms with van der Waals surface area (Å²) < 4.78 is 8.08. The number of aromatic nitrogens is 1. The van der Waals surface area contributed by atoms with Crippen LogP contribution in [0.15, 0.2) is 72.8 Å². The van der Waals surface area contributed by atoms with Gasteiger partial charge in [0.1, 0.15) is 12.8 Å². The van der Waals surface area contributed by atoms with Crippen LogP contribution in [0, 0.1) is 13.8 Å². The van der Waals surface area contributed by atoms with E-state index in [-0.39, 0.29) is 18.4 Å². The zero-order valence-corrected chi connectivity index (χ0v) is 22.2. The number of fused-ring (bicyclic) bond motifs is 3. The largest absolute Gasteiger partial charge is 0.422 e. The van der Waals surface area contributed by atoms with Crippen LogP contribution >= 0.6 is 0 Å². The summed E-state index contributed by atoms with van der Waals surface area (Å²) in [6.07, 6.45) is 0.0193. The molecule has 0 spiro atoms. The normalized spacial score (nSPS) is 13.4. The monoisotopic (exact) mass is 533 g/mol. The van der Waals surface area contributed by atoms with E-state index in [0.29, 0.717) is 27.5 Å². The van der Waals surface area contributed by atoms with Crippen LogP contribution in [0.2, 0.25) is 0 Å². The van der Waals surface area contributed by atoms with Gasteiger partial charge in [0.05, 0.1) is 21.9 Å². The summed E-state index contributed by atoms with van der Waals surface area (Å²) in [5, 5.41) is 4.10. The number of rotatable bonds is 4. The smallest absolute Gasteiger partial charge is 0.363 e. The number of nitrogens with zero attached hydrogens (tertiary/aromatic N) is 2. The van der Waals surface area contributed by atoms with Crippen LogP contribution in [0.3, 0.4) is 0 Å². The number of hydroxylamine groups is 2. The van der Waals surface area contributed by atoms with Gasteiger partial charge in [-0.05, 0) is 60.0 Å². The van der Waals surface area contributed by atoms with Gasteiger partial charge in [-0.25, -0.2) is 9.59 Å². The highest BCUT2D eigenvalue weighted by Crippen LogP contribution is 2.32. The van der Waals surface area contributed by atoms with Gasteiger partial charge in [0.25, 0.3) is 11.8 Å². The van der Waals surface area contributed by atoms with E-state index in [4.69, 9.17) is 9.57 Å². The topological polar surface area (TPSA) is 93.9 Å². The van der Waals surface area contributed by atoms with Gasteiger partial charge in [0.15, 0.2) is 0 Å². The van der Waals surface area contributed by atoms with E-state index in [1.807, 2.05) is 61.6 Å². The molecule has 2 amide bonds. The molecule has 1 fully saturated rings. The van der Waals surface area contributed by atoms with Crippen LogP contribution in [0.25, 0.3) is 32.6 Å². The standard InChI is InChI=1S/C32H25N2O6/c1-18-14-22(31(37)40-34-27(35)12-13-28(34)36)15-19(2)30(18)39-32(38)29-23-10-6-7-11-25(23)33(3)26-17-21-9-5-4-8-20(21)16-24(26)29/h4-11,14-17H,12-13H2,1-3H3/q+1. The fraction of sp³-hybridized carbons (Fsp3) is 0.156. The van der Waals surface area contributed by atoms with Crippen molar-refractivity contribution in [2.45, 2.75) is 26.7 Å². The Morgan fingerprint density at radius 3 is 2.02 bits per heavy atom. The average Bonchev–Trinajstić information content (AvgIpc) is 3.26. The molecular weight excluding hydrogens is 508 g/mol. The SMILES string of the molecule is Cc1cc(C(=O)ON2C(=O)CCC2=O)cc(C)c1OC(=O)c1c2ccccc2[n+](C)c2cc3ccccc3cc12. The van der Waals surface area contributed by atoms with E-state index >= 15 is 0 Å². The van der Waals surface area contributed by atoms with Crippen LogP contribution in [-0.4, -0.2) is 28.8 Å². The second-order valence-electron chi connectivity index (χ2n) is 9.96. The third kappa shape index (κ3) is 4.14. The molecule has 2 heterocycles. The Labute approximate surface area is 229 Å². The van der Waals surface area contributed by atoms with Crippen molar-refractivity contribution < 1.29 is 33.3 Å². The number of pyridine rings is 1. The second kappa shape index (κ2) is 9.57. The molecule has 5 aromatic rings. The molecule has 8 heteroatoms. The number of amides is 2. The minimum Gasteiger partial charge on any atom is -0.422 e. The van der Waals surface area contributed by atoms with E-state index in [2.05, 4.69) is 10.6 Å². The van der Waals surface area contributed by atoms with Gasteiger partial charge in [0.2, 0.25) is 11.0 Å². The van der Waals surface area contributed by atoms with Gasteiger partial charge in [-0.1, -0.05) is 36.4 Å². The highest BCUT2D eigenvalue weighted by Gasteiger charge is 2.33. The predicted molar refractivity (Wildman–Crippen MR) is 148 cm³/mol. The van der Waals surface area contributed by atoms with Crippen LogP contribution in [0.5, 0.6) is 5.75 Å². The molecule has 0 N–H and O–H groups in total. The lowest BCUT2D eigenvalue weighted by atomic mass is 9.98. The fourth-order valence-corrected chi connectivity index (χ4v) is 5.34. The third-order valence-corrected chi connectivity index (χ3v) is 7.30. The van der Waals surface area contributed by atoms with Gasteiger partial charge in [-0.3, -0.25) is 9.59 Å². The van der Waals surface area contributed by atoms with Crippen molar-refractivity contribution in [1.82, 2.24) is 5.06 Å². The first-order valence-corrected chi connectivity index (χ1v) is 12.9. The van der Waals surface area contributed by atoms with Crippen molar-refractivity contribution >= 4 is 56.3 Å². The molecule has 6 rings (SSSR count). The number of carbonyl (C=O) groups is 4. The number of benzene rings is 4. The highest BCUT2D eigenvalue weighted by molar-refractivity contribution is 6.15. The molecule has 8 nitrogen and oxygen atoms in total. The summed E-state index contributed by atoms with van der Waals surface area (Å²) in [4.78, 5) is 55.4. The molecule has 0 bridgehead atoms. The number of ether oxygens (including phenoxy) is 1. The van der Waals surface area contributed by atoms with Gasteiger partial charge in [-0.15, -0.1) is 5.06 Å².